The number of benzene rings is 1. The average Bonchev–Trinajstić information content (AvgIpc) is 2.26. The van der Waals surface area contributed by atoms with Gasteiger partial charge in [0.25, 0.3) is 5.56 Å². The number of hydrogen-bond donors (Lipinski definition) is 2. The molecule has 2 aromatic rings. The molecule has 6 heteroatoms. The van der Waals surface area contributed by atoms with E-state index in [9.17, 15) is 4.79 Å². The Labute approximate surface area is 105 Å². The van der Waals surface area contributed by atoms with Crippen LogP contribution in [0.4, 0.5) is 5.69 Å². The van der Waals surface area contributed by atoms with Crippen LogP contribution in [-0.2, 0) is 0 Å². The molecule has 16 heavy (non-hydrogen) atoms. The van der Waals surface area contributed by atoms with E-state index in [0.29, 0.717) is 20.9 Å². The van der Waals surface area contributed by atoms with Crippen LogP contribution in [0.1, 0.15) is 0 Å². The zero-order valence-electron chi connectivity index (χ0n) is 8.00. The Morgan fingerprint density at radius 2 is 2.12 bits per heavy atom. The van der Waals surface area contributed by atoms with Crippen LogP contribution in [0, 0.1) is 0 Å². The molecule has 1 aromatic carbocycles. The minimum atomic E-state index is -0.246. The van der Waals surface area contributed by atoms with Crippen molar-refractivity contribution in [3.8, 4) is 11.3 Å². The number of nitrogens with one attached hydrogen (secondary N) is 1. The lowest BCUT2D eigenvalue weighted by atomic mass is 10.1. The fraction of sp³-hybridized carbons (Fsp3) is 0. The van der Waals surface area contributed by atoms with Crippen molar-refractivity contribution >= 4 is 33.2 Å². The first-order valence-corrected chi connectivity index (χ1v) is 5.55. The highest BCUT2D eigenvalue weighted by molar-refractivity contribution is 9.10. The van der Waals surface area contributed by atoms with Gasteiger partial charge in [-0.15, -0.1) is 0 Å². The average molecular weight is 301 g/mol. The highest BCUT2D eigenvalue weighted by Gasteiger charge is 2.07. The van der Waals surface area contributed by atoms with Crippen LogP contribution in [-0.4, -0.2) is 10.2 Å². The minimum Gasteiger partial charge on any atom is -0.397 e. The van der Waals surface area contributed by atoms with Gasteiger partial charge in [-0.3, -0.25) is 4.79 Å². The molecule has 0 radical (unpaired) electrons. The van der Waals surface area contributed by atoms with Gasteiger partial charge >= 0.3 is 0 Å². The third-order valence-corrected chi connectivity index (χ3v) is 3.02. The molecule has 82 valence electrons. The van der Waals surface area contributed by atoms with E-state index in [4.69, 9.17) is 17.3 Å². The number of H-pyrrole nitrogens is 1. The predicted octanol–water partition coefficient (Wildman–Crippen LogP) is 2.43. The van der Waals surface area contributed by atoms with Crippen molar-refractivity contribution < 1.29 is 0 Å². The molecule has 1 heterocycles. The molecule has 1 aromatic heterocycles. The van der Waals surface area contributed by atoms with Crippen molar-refractivity contribution in [1.29, 1.82) is 0 Å². The van der Waals surface area contributed by atoms with E-state index < -0.39 is 0 Å². The Hall–Kier alpha value is -1.33. The summed E-state index contributed by atoms with van der Waals surface area (Å²) in [7, 11) is 0. The van der Waals surface area contributed by atoms with Gasteiger partial charge in [-0.05, 0) is 34.1 Å². The summed E-state index contributed by atoms with van der Waals surface area (Å²) in [5.74, 6) is 0. The first kappa shape index (κ1) is 11.2. The Kier molecular flexibility index (Phi) is 2.98. The normalized spacial score (nSPS) is 10.4. The largest absolute Gasteiger partial charge is 0.397 e. The fourth-order valence-corrected chi connectivity index (χ4v) is 2.03. The van der Waals surface area contributed by atoms with Crippen LogP contribution in [0.2, 0.25) is 5.02 Å². The SMILES string of the molecule is Nc1c(Cl)cc(-c2ccc(=O)[nH]n2)cc1Br. The van der Waals surface area contributed by atoms with Gasteiger partial charge in [0.05, 0.1) is 16.4 Å². The topological polar surface area (TPSA) is 71.8 Å². The Balaban J connectivity index is 2.56. The quantitative estimate of drug-likeness (QED) is 0.795. The summed E-state index contributed by atoms with van der Waals surface area (Å²) < 4.78 is 0.697. The van der Waals surface area contributed by atoms with Crippen LogP contribution in [0.25, 0.3) is 11.3 Å². The maximum absolute atomic E-state index is 10.9. The van der Waals surface area contributed by atoms with Gasteiger partial charge in [0.2, 0.25) is 0 Å². The molecular weight excluding hydrogens is 293 g/mol. The molecule has 2 rings (SSSR count). The van der Waals surface area contributed by atoms with E-state index in [1.807, 2.05) is 0 Å². The summed E-state index contributed by atoms with van der Waals surface area (Å²) in [6, 6.07) is 6.51. The number of aromatic amines is 1. The van der Waals surface area contributed by atoms with Crippen LogP contribution in [0.15, 0.2) is 33.5 Å². The van der Waals surface area contributed by atoms with E-state index in [0.717, 1.165) is 5.56 Å². The predicted molar refractivity (Wildman–Crippen MR) is 67.4 cm³/mol. The monoisotopic (exact) mass is 299 g/mol. The molecule has 0 aliphatic carbocycles. The van der Waals surface area contributed by atoms with Crippen molar-refractivity contribution in [3.63, 3.8) is 0 Å². The van der Waals surface area contributed by atoms with Crippen molar-refractivity contribution in [2.45, 2.75) is 0 Å². The molecule has 0 fully saturated rings. The molecule has 0 saturated heterocycles. The lowest BCUT2D eigenvalue weighted by Gasteiger charge is -2.05. The van der Waals surface area contributed by atoms with Crippen LogP contribution >= 0.6 is 27.5 Å². The van der Waals surface area contributed by atoms with Crippen LogP contribution in [0.3, 0.4) is 0 Å². The van der Waals surface area contributed by atoms with E-state index in [2.05, 4.69) is 26.1 Å². The van der Waals surface area contributed by atoms with Gasteiger partial charge in [0.15, 0.2) is 0 Å². The van der Waals surface area contributed by atoms with Crippen molar-refractivity contribution in [3.05, 3.63) is 44.1 Å². The van der Waals surface area contributed by atoms with Crippen LogP contribution in [0.5, 0.6) is 0 Å². The number of nitrogen functional groups attached to an aromatic ring is 1. The van der Waals surface area contributed by atoms with Crippen molar-refractivity contribution in [2.75, 3.05) is 5.73 Å². The fourth-order valence-electron chi connectivity index (χ4n) is 1.24. The maximum Gasteiger partial charge on any atom is 0.264 e. The van der Waals surface area contributed by atoms with E-state index in [1.165, 1.54) is 6.07 Å². The highest BCUT2D eigenvalue weighted by Crippen LogP contribution is 2.32. The van der Waals surface area contributed by atoms with E-state index in [1.54, 1.807) is 18.2 Å². The number of aromatic nitrogens is 2. The van der Waals surface area contributed by atoms with Gasteiger partial charge in [0.1, 0.15) is 0 Å². The molecule has 0 bridgehead atoms. The second kappa shape index (κ2) is 4.27. The number of nitrogens with zero attached hydrogens (tertiary/aromatic N) is 1. The standard InChI is InChI=1S/C10H7BrClN3O/c11-6-3-5(4-7(12)10(6)13)8-1-2-9(16)15-14-8/h1-4H,13H2,(H,15,16). The summed E-state index contributed by atoms with van der Waals surface area (Å²) in [5, 5.41) is 6.70. The number of nitrogens with two attached hydrogens (primary N) is 1. The van der Waals surface area contributed by atoms with Crippen molar-refractivity contribution in [2.24, 2.45) is 0 Å². The smallest absolute Gasteiger partial charge is 0.264 e. The third kappa shape index (κ3) is 2.10. The van der Waals surface area contributed by atoms with Gasteiger partial charge in [-0.2, -0.15) is 5.10 Å². The lowest BCUT2D eigenvalue weighted by Crippen LogP contribution is -2.05. The highest BCUT2D eigenvalue weighted by atomic mass is 79.9. The first-order valence-electron chi connectivity index (χ1n) is 4.38. The molecule has 0 spiro atoms. The van der Waals surface area contributed by atoms with E-state index >= 15 is 0 Å². The summed E-state index contributed by atoms with van der Waals surface area (Å²) >= 11 is 9.25. The third-order valence-electron chi connectivity index (χ3n) is 2.05. The maximum atomic E-state index is 10.9. The number of anilines is 1. The second-order valence-corrected chi connectivity index (χ2v) is 4.42. The first-order chi connectivity index (χ1) is 7.58. The lowest BCUT2D eigenvalue weighted by molar-refractivity contribution is 0.995. The zero-order valence-corrected chi connectivity index (χ0v) is 10.3. The molecule has 4 nitrogen and oxygen atoms in total. The molecule has 0 aliphatic rings. The zero-order chi connectivity index (χ0) is 11.7. The van der Waals surface area contributed by atoms with Gasteiger partial charge < -0.3 is 5.73 Å². The number of hydrogen-bond acceptors (Lipinski definition) is 3. The molecule has 0 saturated carbocycles. The molecule has 0 unspecified atom stereocenters. The van der Waals surface area contributed by atoms with Gasteiger partial charge in [-0.1, -0.05) is 11.6 Å². The summed E-state index contributed by atoms with van der Waals surface area (Å²) in [6.07, 6.45) is 0. The summed E-state index contributed by atoms with van der Waals surface area (Å²) in [4.78, 5) is 10.9. The Morgan fingerprint density at radius 3 is 2.69 bits per heavy atom. The molecule has 0 aliphatic heterocycles. The number of halogens is 2. The Bertz CT molecular complexity index is 553. The molecule has 3 N–H and O–H groups in total. The van der Waals surface area contributed by atoms with Gasteiger partial charge in [0, 0.05) is 16.1 Å². The second-order valence-electron chi connectivity index (χ2n) is 3.16. The molecule has 0 atom stereocenters. The van der Waals surface area contributed by atoms with E-state index in [-0.39, 0.29) is 5.56 Å². The summed E-state index contributed by atoms with van der Waals surface area (Å²) in [6.45, 7) is 0. The number of rotatable bonds is 1. The Morgan fingerprint density at radius 1 is 1.38 bits per heavy atom. The molecule has 0 amide bonds. The molecular formula is C10H7BrClN3O. The van der Waals surface area contributed by atoms with Crippen molar-refractivity contribution in [1.82, 2.24) is 10.2 Å². The minimum absolute atomic E-state index is 0.246. The van der Waals surface area contributed by atoms with Gasteiger partial charge in [-0.25, -0.2) is 5.10 Å². The summed E-state index contributed by atoms with van der Waals surface area (Å²) in [5.41, 5.74) is 7.34. The van der Waals surface area contributed by atoms with Crippen LogP contribution < -0.4 is 11.3 Å².